The average Bonchev–Trinajstić information content (AvgIpc) is 3.10. The number of amides is 3. The Kier molecular flexibility index (Phi) is 5.11. The third-order valence-corrected chi connectivity index (χ3v) is 4.36. The smallest absolute Gasteiger partial charge is 0.323 e. The minimum absolute atomic E-state index is 0.0292. The molecule has 0 atom stereocenters. The van der Waals surface area contributed by atoms with Crippen LogP contribution in [0.3, 0.4) is 0 Å². The SMILES string of the molecule is CC(C)n1ccc(NC(=O)N2CCN(C(=O)c3ccccc3O)CC2)n1. The second-order valence-electron chi connectivity index (χ2n) is 6.50. The van der Waals surface area contributed by atoms with Crippen molar-refractivity contribution in [2.24, 2.45) is 0 Å². The fourth-order valence-electron chi connectivity index (χ4n) is 2.82. The maximum atomic E-state index is 12.5. The molecule has 0 radical (unpaired) electrons. The molecule has 2 heterocycles. The number of para-hydroxylation sites is 1. The summed E-state index contributed by atoms with van der Waals surface area (Å²) in [6, 6.07) is 8.24. The van der Waals surface area contributed by atoms with Crippen molar-refractivity contribution in [3.8, 4) is 5.75 Å². The van der Waals surface area contributed by atoms with E-state index in [4.69, 9.17) is 0 Å². The molecule has 1 aromatic carbocycles. The van der Waals surface area contributed by atoms with Gasteiger partial charge in [0.05, 0.1) is 5.56 Å². The summed E-state index contributed by atoms with van der Waals surface area (Å²) in [6.45, 7) is 5.72. The van der Waals surface area contributed by atoms with Crippen LogP contribution in [0.1, 0.15) is 30.2 Å². The van der Waals surface area contributed by atoms with Crippen LogP contribution in [0.2, 0.25) is 0 Å². The highest BCUT2D eigenvalue weighted by atomic mass is 16.3. The maximum Gasteiger partial charge on any atom is 0.323 e. The Labute approximate surface area is 152 Å². The fourth-order valence-corrected chi connectivity index (χ4v) is 2.82. The van der Waals surface area contributed by atoms with Gasteiger partial charge in [-0.05, 0) is 26.0 Å². The molecular weight excluding hydrogens is 334 g/mol. The predicted octanol–water partition coefficient (Wildman–Crippen LogP) is 2.16. The molecule has 0 spiro atoms. The summed E-state index contributed by atoms with van der Waals surface area (Å²) in [6.07, 6.45) is 1.82. The third-order valence-electron chi connectivity index (χ3n) is 4.36. The number of carbonyl (C=O) groups is 2. The lowest BCUT2D eigenvalue weighted by Gasteiger charge is -2.34. The quantitative estimate of drug-likeness (QED) is 0.881. The van der Waals surface area contributed by atoms with Crippen molar-refractivity contribution in [2.45, 2.75) is 19.9 Å². The molecule has 3 rings (SSSR count). The number of phenols is 1. The van der Waals surface area contributed by atoms with E-state index >= 15 is 0 Å². The average molecular weight is 357 g/mol. The fraction of sp³-hybridized carbons (Fsp3) is 0.389. The number of aromatic nitrogens is 2. The summed E-state index contributed by atoms with van der Waals surface area (Å²) in [5, 5.41) is 16.9. The van der Waals surface area contributed by atoms with E-state index in [2.05, 4.69) is 10.4 Å². The van der Waals surface area contributed by atoms with Crippen LogP contribution < -0.4 is 5.32 Å². The number of hydrogen-bond donors (Lipinski definition) is 2. The van der Waals surface area contributed by atoms with Crippen molar-refractivity contribution >= 4 is 17.8 Å². The first-order valence-corrected chi connectivity index (χ1v) is 8.64. The van der Waals surface area contributed by atoms with E-state index in [-0.39, 0.29) is 29.3 Å². The highest BCUT2D eigenvalue weighted by Crippen LogP contribution is 2.19. The van der Waals surface area contributed by atoms with E-state index in [1.165, 1.54) is 6.07 Å². The van der Waals surface area contributed by atoms with Gasteiger partial charge in [-0.2, -0.15) is 5.10 Å². The van der Waals surface area contributed by atoms with Gasteiger partial charge in [0.2, 0.25) is 0 Å². The molecule has 0 aliphatic carbocycles. The van der Waals surface area contributed by atoms with Crippen LogP contribution in [-0.4, -0.2) is 62.8 Å². The van der Waals surface area contributed by atoms with E-state index in [0.717, 1.165) is 0 Å². The molecule has 1 saturated heterocycles. The zero-order valence-corrected chi connectivity index (χ0v) is 14.9. The van der Waals surface area contributed by atoms with Crippen LogP contribution in [0.4, 0.5) is 10.6 Å². The molecule has 8 heteroatoms. The molecule has 26 heavy (non-hydrogen) atoms. The van der Waals surface area contributed by atoms with Gasteiger partial charge in [0.25, 0.3) is 5.91 Å². The normalized spacial score (nSPS) is 14.6. The summed E-state index contributed by atoms with van der Waals surface area (Å²) < 4.78 is 1.78. The lowest BCUT2D eigenvalue weighted by Crippen LogP contribution is -2.51. The molecule has 3 amide bonds. The van der Waals surface area contributed by atoms with Gasteiger partial charge >= 0.3 is 6.03 Å². The van der Waals surface area contributed by atoms with Crippen molar-refractivity contribution < 1.29 is 14.7 Å². The van der Waals surface area contributed by atoms with Gasteiger partial charge in [0, 0.05) is 44.5 Å². The molecule has 8 nitrogen and oxygen atoms in total. The second-order valence-corrected chi connectivity index (χ2v) is 6.50. The number of aromatic hydroxyl groups is 1. The Balaban J connectivity index is 1.55. The standard InChI is InChI=1S/C18H23N5O3/c1-13(2)23-8-7-16(20-23)19-18(26)22-11-9-21(10-12-22)17(25)14-5-3-4-6-15(14)24/h3-8,13,24H,9-12H2,1-2H3,(H,19,20,26). The van der Waals surface area contributed by atoms with Crippen molar-refractivity contribution in [3.05, 3.63) is 42.1 Å². The zero-order chi connectivity index (χ0) is 18.7. The Morgan fingerprint density at radius 2 is 1.73 bits per heavy atom. The molecule has 0 bridgehead atoms. The van der Waals surface area contributed by atoms with Crippen LogP contribution in [0.5, 0.6) is 5.75 Å². The number of anilines is 1. The number of hydrogen-bond acceptors (Lipinski definition) is 4. The topological polar surface area (TPSA) is 90.7 Å². The van der Waals surface area contributed by atoms with Crippen LogP contribution >= 0.6 is 0 Å². The van der Waals surface area contributed by atoms with Crippen LogP contribution in [0.15, 0.2) is 36.5 Å². The number of piperazine rings is 1. The van der Waals surface area contributed by atoms with Gasteiger partial charge < -0.3 is 14.9 Å². The first-order valence-electron chi connectivity index (χ1n) is 8.64. The molecule has 1 fully saturated rings. The van der Waals surface area contributed by atoms with Gasteiger partial charge in [-0.3, -0.25) is 14.8 Å². The van der Waals surface area contributed by atoms with Crippen molar-refractivity contribution in [2.75, 3.05) is 31.5 Å². The number of urea groups is 1. The van der Waals surface area contributed by atoms with E-state index in [9.17, 15) is 14.7 Å². The van der Waals surface area contributed by atoms with E-state index in [1.807, 2.05) is 20.0 Å². The van der Waals surface area contributed by atoms with Crippen molar-refractivity contribution in [1.29, 1.82) is 0 Å². The van der Waals surface area contributed by atoms with E-state index in [1.54, 1.807) is 38.7 Å². The number of nitrogens with one attached hydrogen (secondary N) is 1. The maximum absolute atomic E-state index is 12.5. The third kappa shape index (κ3) is 3.79. The molecule has 1 aromatic heterocycles. The predicted molar refractivity (Wildman–Crippen MR) is 97.2 cm³/mol. The lowest BCUT2D eigenvalue weighted by molar-refractivity contribution is 0.0668. The van der Waals surface area contributed by atoms with E-state index in [0.29, 0.717) is 32.0 Å². The van der Waals surface area contributed by atoms with Gasteiger partial charge in [-0.15, -0.1) is 0 Å². The zero-order valence-electron chi connectivity index (χ0n) is 14.9. The Morgan fingerprint density at radius 3 is 2.35 bits per heavy atom. The molecule has 0 unspecified atom stereocenters. The highest BCUT2D eigenvalue weighted by molar-refractivity contribution is 5.97. The van der Waals surface area contributed by atoms with Gasteiger partial charge in [-0.25, -0.2) is 4.79 Å². The van der Waals surface area contributed by atoms with Crippen molar-refractivity contribution in [1.82, 2.24) is 19.6 Å². The molecule has 1 aliphatic heterocycles. The van der Waals surface area contributed by atoms with Gasteiger partial charge in [-0.1, -0.05) is 12.1 Å². The largest absolute Gasteiger partial charge is 0.507 e. The molecule has 0 saturated carbocycles. The summed E-state index contributed by atoms with van der Waals surface area (Å²) in [5.41, 5.74) is 0.282. The number of carbonyl (C=O) groups excluding carboxylic acids is 2. The molecular formula is C18H23N5O3. The second kappa shape index (κ2) is 7.47. The highest BCUT2D eigenvalue weighted by Gasteiger charge is 2.26. The van der Waals surface area contributed by atoms with E-state index < -0.39 is 0 Å². The summed E-state index contributed by atoms with van der Waals surface area (Å²) in [5.74, 6) is 0.258. The number of nitrogens with zero attached hydrogens (tertiary/aromatic N) is 4. The Hall–Kier alpha value is -3.03. The van der Waals surface area contributed by atoms with Gasteiger partial charge in [0.15, 0.2) is 5.82 Å². The molecule has 1 aliphatic rings. The Bertz CT molecular complexity index is 794. The number of phenolic OH excluding ortho intramolecular Hbond substituents is 1. The van der Waals surface area contributed by atoms with Crippen LogP contribution in [0.25, 0.3) is 0 Å². The first-order chi connectivity index (χ1) is 12.5. The molecule has 2 aromatic rings. The Morgan fingerprint density at radius 1 is 1.08 bits per heavy atom. The van der Waals surface area contributed by atoms with Gasteiger partial charge in [0.1, 0.15) is 5.75 Å². The molecule has 138 valence electrons. The van der Waals surface area contributed by atoms with Crippen molar-refractivity contribution in [3.63, 3.8) is 0 Å². The number of benzene rings is 1. The minimum atomic E-state index is -0.228. The monoisotopic (exact) mass is 357 g/mol. The molecule has 2 N–H and O–H groups in total. The first kappa shape index (κ1) is 17.8. The van der Waals surface area contributed by atoms with Crippen LogP contribution in [0, 0.1) is 0 Å². The summed E-state index contributed by atoms with van der Waals surface area (Å²) in [7, 11) is 0. The minimum Gasteiger partial charge on any atom is -0.507 e. The lowest BCUT2D eigenvalue weighted by atomic mass is 10.1. The summed E-state index contributed by atoms with van der Waals surface area (Å²) in [4.78, 5) is 28.2. The number of rotatable bonds is 3. The summed E-state index contributed by atoms with van der Waals surface area (Å²) >= 11 is 0. The van der Waals surface area contributed by atoms with Crippen LogP contribution in [-0.2, 0) is 0 Å².